The fourth-order valence-corrected chi connectivity index (χ4v) is 3.02. The summed E-state index contributed by atoms with van der Waals surface area (Å²) in [4.78, 5) is 35.6. The van der Waals surface area contributed by atoms with Crippen molar-refractivity contribution in [1.29, 1.82) is 0 Å². The highest BCUT2D eigenvalue weighted by Crippen LogP contribution is 2.12. The molecule has 7 nitrogen and oxygen atoms in total. The first-order chi connectivity index (χ1) is 13.6. The molecular formula is C20H19N3O4S. The number of anilines is 1. The van der Waals surface area contributed by atoms with E-state index in [0.29, 0.717) is 17.8 Å². The van der Waals surface area contributed by atoms with Gasteiger partial charge >= 0.3 is 0 Å². The predicted octanol–water partition coefficient (Wildman–Crippen LogP) is 3.03. The highest BCUT2D eigenvalue weighted by Gasteiger charge is 2.09. The van der Waals surface area contributed by atoms with Gasteiger partial charge in [-0.1, -0.05) is 12.1 Å². The molecule has 0 atom stereocenters. The van der Waals surface area contributed by atoms with Crippen molar-refractivity contribution in [2.45, 2.75) is 13.0 Å². The van der Waals surface area contributed by atoms with E-state index < -0.39 is 0 Å². The molecule has 0 fully saturated rings. The van der Waals surface area contributed by atoms with Crippen molar-refractivity contribution in [3.8, 4) is 0 Å². The Bertz CT molecular complexity index is 919. The minimum absolute atomic E-state index is 0.152. The van der Waals surface area contributed by atoms with Gasteiger partial charge in [-0.3, -0.25) is 14.4 Å². The van der Waals surface area contributed by atoms with Gasteiger partial charge < -0.3 is 20.4 Å². The number of hydrogen-bond acceptors (Lipinski definition) is 5. The second-order valence-corrected chi connectivity index (χ2v) is 6.70. The van der Waals surface area contributed by atoms with E-state index in [1.165, 1.54) is 17.6 Å². The Kier molecular flexibility index (Phi) is 6.59. The Morgan fingerprint density at radius 2 is 1.79 bits per heavy atom. The van der Waals surface area contributed by atoms with Crippen LogP contribution in [0.15, 0.2) is 63.9 Å². The van der Waals surface area contributed by atoms with Crippen LogP contribution in [0.2, 0.25) is 0 Å². The number of furan rings is 1. The molecule has 144 valence electrons. The molecule has 3 N–H and O–H groups in total. The van der Waals surface area contributed by atoms with E-state index in [-0.39, 0.29) is 36.4 Å². The summed E-state index contributed by atoms with van der Waals surface area (Å²) in [5.41, 5.74) is 2.13. The summed E-state index contributed by atoms with van der Waals surface area (Å²) < 4.78 is 5.04. The number of amides is 3. The van der Waals surface area contributed by atoms with Gasteiger partial charge in [0.2, 0.25) is 5.91 Å². The van der Waals surface area contributed by atoms with Gasteiger partial charge in [-0.2, -0.15) is 11.3 Å². The zero-order valence-electron chi connectivity index (χ0n) is 14.9. The molecule has 0 spiro atoms. The van der Waals surface area contributed by atoms with Crippen LogP contribution in [-0.2, 0) is 11.3 Å². The maximum Gasteiger partial charge on any atom is 0.291 e. The van der Waals surface area contributed by atoms with Gasteiger partial charge in [0, 0.05) is 36.1 Å². The fraction of sp³-hybridized carbons (Fsp3) is 0.150. The average molecular weight is 397 g/mol. The molecule has 2 aromatic heterocycles. The third kappa shape index (κ3) is 5.55. The maximum atomic E-state index is 11.9. The summed E-state index contributed by atoms with van der Waals surface area (Å²) in [5, 5.41) is 11.8. The molecule has 0 aliphatic heterocycles. The van der Waals surface area contributed by atoms with Gasteiger partial charge in [-0.25, -0.2) is 0 Å². The largest absolute Gasteiger partial charge is 0.459 e. The summed E-state index contributed by atoms with van der Waals surface area (Å²) in [6.07, 6.45) is 1.64. The van der Waals surface area contributed by atoms with Gasteiger partial charge in [0.15, 0.2) is 5.76 Å². The Labute approximate surface area is 165 Å². The zero-order chi connectivity index (χ0) is 19.8. The van der Waals surface area contributed by atoms with Crippen molar-refractivity contribution in [3.05, 3.63) is 76.4 Å². The van der Waals surface area contributed by atoms with Crippen molar-refractivity contribution in [2.24, 2.45) is 0 Å². The van der Waals surface area contributed by atoms with Gasteiger partial charge in [0.1, 0.15) is 0 Å². The average Bonchev–Trinajstić information content (AvgIpc) is 3.41. The lowest BCUT2D eigenvalue weighted by Gasteiger charge is -2.08. The van der Waals surface area contributed by atoms with E-state index in [4.69, 9.17) is 4.42 Å². The van der Waals surface area contributed by atoms with Gasteiger partial charge in [0.25, 0.3) is 11.8 Å². The standard InChI is InChI=1S/C20H19N3O4S/c24-18(7-9-21-19(25)15-8-11-28-13-15)22-12-14-3-5-16(6-4-14)23-20(26)17-2-1-10-27-17/h1-6,8,10-11,13H,7,9,12H2,(H,21,25)(H,22,24)(H,23,26). The monoisotopic (exact) mass is 397 g/mol. The van der Waals surface area contributed by atoms with Crippen LogP contribution >= 0.6 is 11.3 Å². The van der Waals surface area contributed by atoms with Crippen molar-refractivity contribution in [2.75, 3.05) is 11.9 Å². The molecule has 3 amide bonds. The highest BCUT2D eigenvalue weighted by molar-refractivity contribution is 7.08. The Balaban J connectivity index is 1.37. The third-order valence-corrected chi connectivity index (χ3v) is 4.55. The van der Waals surface area contributed by atoms with E-state index in [9.17, 15) is 14.4 Å². The normalized spacial score (nSPS) is 10.3. The molecule has 3 rings (SSSR count). The highest BCUT2D eigenvalue weighted by atomic mass is 32.1. The SMILES string of the molecule is O=C(CCNC(=O)c1ccsc1)NCc1ccc(NC(=O)c2ccco2)cc1. The molecule has 3 aromatic rings. The lowest BCUT2D eigenvalue weighted by molar-refractivity contribution is -0.121. The summed E-state index contributed by atoms with van der Waals surface area (Å²) in [5.74, 6) is -0.417. The molecule has 2 heterocycles. The number of hydrogen-bond donors (Lipinski definition) is 3. The molecule has 1 aromatic carbocycles. The minimum Gasteiger partial charge on any atom is -0.459 e. The van der Waals surface area contributed by atoms with Crippen LogP contribution in [-0.4, -0.2) is 24.3 Å². The number of carbonyl (C=O) groups is 3. The van der Waals surface area contributed by atoms with Crippen LogP contribution in [0.1, 0.15) is 32.9 Å². The molecule has 0 saturated carbocycles. The fourth-order valence-electron chi connectivity index (χ4n) is 2.38. The van der Waals surface area contributed by atoms with E-state index in [1.807, 2.05) is 17.5 Å². The molecule has 0 aliphatic rings. The van der Waals surface area contributed by atoms with Crippen molar-refractivity contribution in [3.63, 3.8) is 0 Å². The van der Waals surface area contributed by atoms with Gasteiger partial charge in [-0.15, -0.1) is 0 Å². The second-order valence-electron chi connectivity index (χ2n) is 5.92. The molecule has 0 saturated heterocycles. The lowest BCUT2D eigenvalue weighted by Crippen LogP contribution is -2.30. The van der Waals surface area contributed by atoms with E-state index in [2.05, 4.69) is 16.0 Å². The zero-order valence-corrected chi connectivity index (χ0v) is 15.8. The third-order valence-electron chi connectivity index (χ3n) is 3.87. The number of benzene rings is 1. The molecule has 28 heavy (non-hydrogen) atoms. The second kappa shape index (κ2) is 9.52. The quantitative estimate of drug-likeness (QED) is 0.544. The first kappa shape index (κ1) is 19.4. The molecular weight excluding hydrogens is 378 g/mol. The summed E-state index contributed by atoms with van der Waals surface area (Å²) >= 11 is 1.45. The predicted molar refractivity (Wildman–Crippen MR) is 106 cm³/mol. The van der Waals surface area contributed by atoms with E-state index in [0.717, 1.165) is 5.56 Å². The minimum atomic E-state index is -0.324. The summed E-state index contributed by atoms with van der Waals surface area (Å²) in [7, 11) is 0. The molecule has 0 aliphatic carbocycles. The van der Waals surface area contributed by atoms with Crippen molar-refractivity contribution < 1.29 is 18.8 Å². The van der Waals surface area contributed by atoms with Crippen LogP contribution in [0.4, 0.5) is 5.69 Å². The van der Waals surface area contributed by atoms with Crippen molar-refractivity contribution >= 4 is 34.7 Å². The maximum absolute atomic E-state index is 11.9. The Morgan fingerprint density at radius 3 is 2.46 bits per heavy atom. The topological polar surface area (TPSA) is 100 Å². The Hall–Kier alpha value is -3.39. The van der Waals surface area contributed by atoms with Crippen LogP contribution in [0.5, 0.6) is 0 Å². The van der Waals surface area contributed by atoms with Gasteiger partial charge in [0.05, 0.1) is 6.26 Å². The first-order valence-corrected chi connectivity index (χ1v) is 9.57. The molecule has 8 heteroatoms. The number of rotatable bonds is 8. The first-order valence-electron chi connectivity index (χ1n) is 8.63. The van der Waals surface area contributed by atoms with Crippen LogP contribution in [0.25, 0.3) is 0 Å². The summed E-state index contributed by atoms with van der Waals surface area (Å²) in [6, 6.07) is 12.1. The van der Waals surface area contributed by atoms with Crippen LogP contribution < -0.4 is 16.0 Å². The number of carbonyl (C=O) groups excluding carboxylic acids is 3. The number of nitrogens with one attached hydrogen (secondary N) is 3. The Morgan fingerprint density at radius 1 is 0.964 bits per heavy atom. The lowest BCUT2D eigenvalue weighted by atomic mass is 10.2. The van der Waals surface area contributed by atoms with E-state index in [1.54, 1.807) is 35.7 Å². The van der Waals surface area contributed by atoms with Crippen molar-refractivity contribution in [1.82, 2.24) is 10.6 Å². The summed E-state index contributed by atoms with van der Waals surface area (Å²) in [6.45, 7) is 0.641. The van der Waals surface area contributed by atoms with Gasteiger partial charge in [-0.05, 0) is 41.3 Å². The smallest absolute Gasteiger partial charge is 0.291 e. The van der Waals surface area contributed by atoms with Crippen LogP contribution in [0, 0.1) is 0 Å². The van der Waals surface area contributed by atoms with Crippen LogP contribution in [0.3, 0.4) is 0 Å². The number of thiophene rings is 1. The van der Waals surface area contributed by atoms with E-state index >= 15 is 0 Å². The molecule has 0 radical (unpaired) electrons. The molecule has 0 unspecified atom stereocenters. The molecule has 0 bridgehead atoms.